The minimum absolute atomic E-state index is 0.255. The Kier molecular flexibility index (Phi) is 2.64. The third-order valence-electron chi connectivity index (χ3n) is 2.80. The molecule has 2 aromatic rings. The van der Waals surface area contributed by atoms with E-state index in [0.29, 0.717) is 0 Å². The average molecular weight is 219 g/mol. The molecule has 2 N–H and O–H groups in total. The van der Waals surface area contributed by atoms with E-state index in [1.54, 1.807) is 19.1 Å². The Balaban J connectivity index is 2.75. The fourth-order valence-corrected chi connectivity index (χ4v) is 2.14. The summed E-state index contributed by atoms with van der Waals surface area (Å²) in [6.07, 6.45) is -0.503. The molecule has 3 heteroatoms. The van der Waals surface area contributed by atoms with Crippen LogP contribution < -0.4 is 0 Å². The summed E-state index contributed by atoms with van der Waals surface area (Å²) in [5.41, 5.74) is 1.93. The van der Waals surface area contributed by atoms with Crippen LogP contribution in [0.5, 0.6) is 5.75 Å². The highest BCUT2D eigenvalue weighted by atomic mass is 16.3. The molecule has 1 atom stereocenters. The number of fused-ring (bicyclic) bond motifs is 1. The van der Waals surface area contributed by atoms with E-state index < -0.39 is 6.10 Å². The molecule has 2 rings (SSSR count). The van der Waals surface area contributed by atoms with E-state index in [1.165, 1.54) is 0 Å². The molecule has 3 nitrogen and oxygen atoms in total. The maximum Gasteiger partial charge on any atom is 0.116 e. The van der Waals surface area contributed by atoms with Gasteiger partial charge in [0.25, 0.3) is 0 Å². The molecule has 0 amide bonds. The number of hydrogen-bond acceptors (Lipinski definition) is 2. The second kappa shape index (κ2) is 3.83. The quantitative estimate of drug-likeness (QED) is 0.815. The zero-order chi connectivity index (χ0) is 11.9. The summed E-state index contributed by atoms with van der Waals surface area (Å²) in [6.45, 7) is 5.92. The SMILES string of the molecule is CC(O)c1cc2cc(O)ccc2n1C(C)C. The number of nitrogens with zero attached hydrogens (tertiary/aromatic N) is 1. The number of aliphatic hydroxyl groups is 1. The second-order valence-electron chi connectivity index (χ2n) is 4.45. The Bertz CT molecular complexity index is 512. The summed E-state index contributed by atoms with van der Waals surface area (Å²) < 4.78 is 2.10. The lowest BCUT2D eigenvalue weighted by Gasteiger charge is -2.16. The number of phenolic OH excluding ortho intramolecular Hbond substituents is 1. The van der Waals surface area contributed by atoms with Crippen molar-refractivity contribution in [2.24, 2.45) is 0 Å². The van der Waals surface area contributed by atoms with Crippen molar-refractivity contribution in [3.8, 4) is 5.75 Å². The molecule has 0 aliphatic heterocycles. The van der Waals surface area contributed by atoms with Crippen molar-refractivity contribution >= 4 is 10.9 Å². The van der Waals surface area contributed by atoms with Gasteiger partial charge in [0.1, 0.15) is 5.75 Å². The van der Waals surface area contributed by atoms with Gasteiger partial charge in [0.05, 0.1) is 6.10 Å². The first kappa shape index (κ1) is 11.0. The number of aliphatic hydroxyl groups excluding tert-OH is 1. The summed E-state index contributed by atoms with van der Waals surface area (Å²) in [5.74, 6) is 0.255. The summed E-state index contributed by atoms with van der Waals surface area (Å²) >= 11 is 0. The number of aromatic hydroxyl groups is 1. The van der Waals surface area contributed by atoms with Gasteiger partial charge in [0.15, 0.2) is 0 Å². The molecule has 86 valence electrons. The van der Waals surface area contributed by atoms with Crippen LogP contribution in [0.1, 0.15) is 38.6 Å². The first-order valence-electron chi connectivity index (χ1n) is 5.52. The monoisotopic (exact) mass is 219 g/mol. The lowest BCUT2D eigenvalue weighted by atomic mass is 10.2. The molecule has 0 fully saturated rings. The van der Waals surface area contributed by atoms with Crippen LogP contribution in [0.15, 0.2) is 24.3 Å². The zero-order valence-corrected chi connectivity index (χ0v) is 9.81. The van der Waals surface area contributed by atoms with Crippen LogP contribution in [0.3, 0.4) is 0 Å². The second-order valence-corrected chi connectivity index (χ2v) is 4.45. The van der Waals surface area contributed by atoms with Gasteiger partial charge in [0, 0.05) is 22.6 Å². The molecule has 16 heavy (non-hydrogen) atoms. The van der Waals surface area contributed by atoms with E-state index in [4.69, 9.17) is 0 Å². The van der Waals surface area contributed by atoms with Crippen molar-refractivity contribution in [2.45, 2.75) is 32.9 Å². The van der Waals surface area contributed by atoms with Gasteiger partial charge in [-0.2, -0.15) is 0 Å². The molecule has 1 aromatic heterocycles. The van der Waals surface area contributed by atoms with Gasteiger partial charge in [0.2, 0.25) is 0 Å². The van der Waals surface area contributed by atoms with Gasteiger partial charge < -0.3 is 14.8 Å². The van der Waals surface area contributed by atoms with Crippen LogP contribution in [-0.2, 0) is 0 Å². The van der Waals surface area contributed by atoms with Gasteiger partial charge >= 0.3 is 0 Å². The molecule has 0 radical (unpaired) electrons. The summed E-state index contributed by atoms with van der Waals surface area (Å²) in [7, 11) is 0. The van der Waals surface area contributed by atoms with E-state index >= 15 is 0 Å². The van der Waals surface area contributed by atoms with E-state index in [-0.39, 0.29) is 11.8 Å². The standard InChI is InChI=1S/C13H17NO2/c1-8(2)14-12-5-4-11(16)6-10(12)7-13(14)9(3)15/h4-9,15-16H,1-3H3. The molecule has 1 heterocycles. The number of hydrogen-bond donors (Lipinski definition) is 2. The predicted molar refractivity (Wildman–Crippen MR) is 64.6 cm³/mol. The highest BCUT2D eigenvalue weighted by Gasteiger charge is 2.14. The Morgan fingerprint density at radius 3 is 2.38 bits per heavy atom. The summed E-state index contributed by atoms with van der Waals surface area (Å²) in [4.78, 5) is 0. The van der Waals surface area contributed by atoms with Crippen molar-refractivity contribution in [1.82, 2.24) is 4.57 Å². The fraction of sp³-hybridized carbons (Fsp3) is 0.385. The van der Waals surface area contributed by atoms with Gasteiger partial charge in [-0.15, -0.1) is 0 Å². The maximum atomic E-state index is 9.74. The first-order valence-corrected chi connectivity index (χ1v) is 5.52. The topological polar surface area (TPSA) is 45.4 Å². The molecule has 1 aromatic carbocycles. The third kappa shape index (κ3) is 1.67. The Morgan fingerprint density at radius 2 is 1.81 bits per heavy atom. The number of benzene rings is 1. The molecule has 0 saturated heterocycles. The van der Waals surface area contributed by atoms with Crippen LogP contribution in [0.25, 0.3) is 10.9 Å². The first-order chi connectivity index (χ1) is 7.50. The molecular weight excluding hydrogens is 202 g/mol. The highest BCUT2D eigenvalue weighted by Crippen LogP contribution is 2.29. The van der Waals surface area contributed by atoms with Crippen molar-refractivity contribution in [1.29, 1.82) is 0 Å². The maximum absolute atomic E-state index is 9.74. The van der Waals surface area contributed by atoms with E-state index in [9.17, 15) is 10.2 Å². The number of phenols is 1. The molecule has 0 spiro atoms. The van der Waals surface area contributed by atoms with E-state index in [2.05, 4.69) is 18.4 Å². The van der Waals surface area contributed by atoms with E-state index in [1.807, 2.05) is 12.1 Å². The van der Waals surface area contributed by atoms with Crippen molar-refractivity contribution in [3.63, 3.8) is 0 Å². The lowest BCUT2D eigenvalue weighted by molar-refractivity contribution is 0.188. The molecule has 0 saturated carbocycles. The normalized spacial score (nSPS) is 13.6. The fourth-order valence-electron chi connectivity index (χ4n) is 2.14. The summed E-state index contributed by atoms with van der Waals surface area (Å²) in [6, 6.07) is 7.50. The molecule has 1 unspecified atom stereocenters. The van der Waals surface area contributed by atoms with Gasteiger partial charge in [-0.05, 0) is 45.0 Å². The van der Waals surface area contributed by atoms with Crippen LogP contribution in [0, 0.1) is 0 Å². The molecular formula is C13H17NO2. The van der Waals surface area contributed by atoms with Crippen molar-refractivity contribution in [2.75, 3.05) is 0 Å². The minimum Gasteiger partial charge on any atom is -0.508 e. The van der Waals surface area contributed by atoms with E-state index in [0.717, 1.165) is 16.6 Å². The zero-order valence-electron chi connectivity index (χ0n) is 9.81. The van der Waals surface area contributed by atoms with Crippen molar-refractivity contribution < 1.29 is 10.2 Å². The van der Waals surface area contributed by atoms with Crippen LogP contribution in [-0.4, -0.2) is 14.8 Å². The Labute approximate surface area is 94.9 Å². The smallest absolute Gasteiger partial charge is 0.116 e. The molecule has 0 bridgehead atoms. The molecule has 0 aliphatic carbocycles. The summed E-state index contributed by atoms with van der Waals surface area (Å²) in [5, 5.41) is 20.1. The van der Waals surface area contributed by atoms with Crippen LogP contribution in [0.4, 0.5) is 0 Å². The number of aromatic nitrogens is 1. The average Bonchev–Trinajstić information content (AvgIpc) is 2.55. The molecule has 0 aliphatic rings. The largest absolute Gasteiger partial charge is 0.508 e. The minimum atomic E-state index is -0.503. The van der Waals surface area contributed by atoms with Crippen molar-refractivity contribution in [3.05, 3.63) is 30.0 Å². The third-order valence-corrected chi connectivity index (χ3v) is 2.80. The van der Waals surface area contributed by atoms with Gasteiger partial charge in [-0.1, -0.05) is 0 Å². The van der Waals surface area contributed by atoms with Gasteiger partial charge in [-0.25, -0.2) is 0 Å². The Morgan fingerprint density at radius 1 is 1.12 bits per heavy atom. The van der Waals surface area contributed by atoms with Gasteiger partial charge in [-0.3, -0.25) is 0 Å². The van der Waals surface area contributed by atoms with Crippen LogP contribution >= 0.6 is 0 Å². The lowest BCUT2D eigenvalue weighted by Crippen LogP contribution is -2.07. The predicted octanol–water partition coefficient (Wildman–Crippen LogP) is 2.98. The Hall–Kier alpha value is -1.48. The highest BCUT2D eigenvalue weighted by molar-refractivity contribution is 5.83. The number of rotatable bonds is 2. The van der Waals surface area contributed by atoms with Crippen LogP contribution in [0.2, 0.25) is 0 Å².